The molecule has 2 aromatic carbocycles. The maximum absolute atomic E-state index is 12.5. The third kappa shape index (κ3) is 4.66. The molecule has 1 fully saturated rings. The zero-order valence-corrected chi connectivity index (χ0v) is 18.0. The van der Waals surface area contributed by atoms with Crippen LogP contribution in [-0.2, 0) is 29.2 Å². The highest BCUT2D eigenvalue weighted by molar-refractivity contribution is 5.77. The van der Waals surface area contributed by atoms with E-state index in [1.807, 2.05) is 58.1 Å². The SMILES string of the molecule is O=C(COc1ccccc1)N1CCN(Cc2nnn3c2CO[C@@H](c2ccccc2)C3)CC1. The van der Waals surface area contributed by atoms with Gasteiger partial charge in [-0.3, -0.25) is 9.69 Å². The first-order chi connectivity index (χ1) is 15.8. The predicted molar refractivity (Wildman–Crippen MR) is 118 cm³/mol. The lowest BCUT2D eigenvalue weighted by Gasteiger charge is -2.34. The number of carbonyl (C=O) groups is 1. The Hall–Kier alpha value is -3.23. The number of hydrogen-bond donors (Lipinski definition) is 0. The summed E-state index contributed by atoms with van der Waals surface area (Å²) in [5, 5.41) is 8.80. The summed E-state index contributed by atoms with van der Waals surface area (Å²) in [6, 6.07) is 19.7. The van der Waals surface area contributed by atoms with Gasteiger partial charge >= 0.3 is 0 Å². The Kier molecular flexibility index (Phi) is 6.13. The third-order valence-electron chi connectivity index (χ3n) is 6.05. The fraction of sp³-hybridized carbons (Fsp3) is 0.375. The number of benzene rings is 2. The summed E-state index contributed by atoms with van der Waals surface area (Å²) in [4.78, 5) is 16.7. The van der Waals surface area contributed by atoms with E-state index in [0.29, 0.717) is 32.0 Å². The highest BCUT2D eigenvalue weighted by Crippen LogP contribution is 2.27. The van der Waals surface area contributed by atoms with E-state index in [2.05, 4.69) is 27.3 Å². The molecule has 5 rings (SSSR count). The van der Waals surface area contributed by atoms with Crippen molar-refractivity contribution in [3.63, 3.8) is 0 Å². The summed E-state index contributed by atoms with van der Waals surface area (Å²) in [7, 11) is 0. The van der Waals surface area contributed by atoms with Gasteiger partial charge in [0.25, 0.3) is 5.91 Å². The highest BCUT2D eigenvalue weighted by atomic mass is 16.5. The topological polar surface area (TPSA) is 72.7 Å². The number of carbonyl (C=O) groups excluding carboxylic acids is 1. The van der Waals surface area contributed by atoms with Crippen LogP contribution in [0.3, 0.4) is 0 Å². The molecule has 0 bridgehead atoms. The van der Waals surface area contributed by atoms with E-state index in [1.54, 1.807) is 0 Å². The molecular formula is C24H27N5O3. The van der Waals surface area contributed by atoms with Crippen LogP contribution in [0.15, 0.2) is 60.7 Å². The molecule has 2 aliphatic rings. The van der Waals surface area contributed by atoms with Gasteiger partial charge in [0.1, 0.15) is 17.5 Å². The maximum atomic E-state index is 12.5. The molecule has 0 N–H and O–H groups in total. The van der Waals surface area contributed by atoms with Crippen LogP contribution < -0.4 is 4.74 Å². The van der Waals surface area contributed by atoms with Gasteiger partial charge in [0.05, 0.1) is 18.8 Å². The molecule has 166 valence electrons. The largest absolute Gasteiger partial charge is 0.484 e. The molecule has 1 aromatic heterocycles. The van der Waals surface area contributed by atoms with Crippen molar-refractivity contribution < 1.29 is 14.3 Å². The molecule has 1 atom stereocenters. The van der Waals surface area contributed by atoms with E-state index < -0.39 is 0 Å². The van der Waals surface area contributed by atoms with Gasteiger partial charge < -0.3 is 14.4 Å². The molecule has 0 unspecified atom stereocenters. The second-order valence-electron chi connectivity index (χ2n) is 8.13. The molecule has 0 spiro atoms. The van der Waals surface area contributed by atoms with Crippen molar-refractivity contribution in [3.8, 4) is 5.75 Å². The Morgan fingerprint density at radius 3 is 2.47 bits per heavy atom. The van der Waals surface area contributed by atoms with Crippen molar-refractivity contribution in [1.29, 1.82) is 0 Å². The first-order valence-corrected chi connectivity index (χ1v) is 11.0. The molecule has 1 saturated heterocycles. The number of fused-ring (bicyclic) bond motifs is 1. The van der Waals surface area contributed by atoms with Gasteiger partial charge in [0.15, 0.2) is 6.61 Å². The van der Waals surface area contributed by atoms with Gasteiger partial charge in [0, 0.05) is 32.7 Å². The number of ether oxygens (including phenoxy) is 2. The Morgan fingerprint density at radius 2 is 1.72 bits per heavy atom. The number of amides is 1. The average molecular weight is 434 g/mol. The molecule has 0 saturated carbocycles. The fourth-order valence-electron chi connectivity index (χ4n) is 4.17. The van der Waals surface area contributed by atoms with Crippen molar-refractivity contribution in [2.75, 3.05) is 32.8 Å². The van der Waals surface area contributed by atoms with Gasteiger partial charge in [-0.2, -0.15) is 0 Å². The van der Waals surface area contributed by atoms with Gasteiger partial charge in [-0.15, -0.1) is 5.10 Å². The zero-order valence-electron chi connectivity index (χ0n) is 18.0. The van der Waals surface area contributed by atoms with Crippen molar-refractivity contribution in [3.05, 3.63) is 77.6 Å². The summed E-state index contributed by atoms with van der Waals surface area (Å²) in [5.41, 5.74) is 3.17. The molecule has 32 heavy (non-hydrogen) atoms. The summed E-state index contributed by atoms with van der Waals surface area (Å²) < 4.78 is 13.7. The minimum Gasteiger partial charge on any atom is -0.484 e. The lowest BCUT2D eigenvalue weighted by molar-refractivity contribution is -0.135. The molecule has 3 heterocycles. The van der Waals surface area contributed by atoms with Gasteiger partial charge in [0.2, 0.25) is 0 Å². The molecule has 8 nitrogen and oxygen atoms in total. The molecule has 2 aliphatic heterocycles. The normalized spacial score (nSPS) is 18.9. The lowest BCUT2D eigenvalue weighted by atomic mass is 10.1. The number of rotatable bonds is 6. The van der Waals surface area contributed by atoms with E-state index >= 15 is 0 Å². The van der Waals surface area contributed by atoms with Crippen LogP contribution in [0.1, 0.15) is 23.1 Å². The van der Waals surface area contributed by atoms with E-state index in [0.717, 1.165) is 36.6 Å². The van der Waals surface area contributed by atoms with Crippen LogP contribution in [0.25, 0.3) is 0 Å². The number of aromatic nitrogens is 3. The van der Waals surface area contributed by atoms with Crippen LogP contribution in [0, 0.1) is 0 Å². The summed E-state index contributed by atoms with van der Waals surface area (Å²) in [5.74, 6) is 0.739. The minimum atomic E-state index is 0.00547. The monoisotopic (exact) mass is 433 g/mol. The Bertz CT molecular complexity index is 1030. The van der Waals surface area contributed by atoms with Gasteiger partial charge in [-0.1, -0.05) is 53.7 Å². The number of nitrogens with zero attached hydrogens (tertiary/aromatic N) is 5. The van der Waals surface area contributed by atoms with E-state index in [-0.39, 0.29) is 18.6 Å². The second kappa shape index (κ2) is 9.50. The van der Waals surface area contributed by atoms with Crippen molar-refractivity contribution in [2.24, 2.45) is 0 Å². The predicted octanol–water partition coefficient (Wildman–Crippen LogP) is 2.27. The Morgan fingerprint density at radius 1 is 1.00 bits per heavy atom. The quantitative estimate of drug-likeness (QED) is 0.594. The molecular weight excluding hydrogens is 406 g/mol. The Labute approximate surface area is 187 Å². The molecule has 0 radical (unpaired) electrons. The molecule has 0 aliphatic carbocycles. The first kappa shape index (κ1) is 20.7. The van der Waals surface area contributed by atoms with E-state index in [1.165, 1.54) is 0 Å². The first-order valence-electron chi connectivity index (χ1n) is 11.0. The summed E-state index contributed by atoms with van der Waals surface area (Å²) in [6.45, 7) is 4.96. The lowest BCUT2D eigenvalue weighted by Crippen LogP contribution is -2.49. The van der Waals surface area contributed by atoms with Gasteiger partial charge in [-0.05, 0) is 17.7 Å². The van der Waals surface area contributed by atoms with Crippen molar-refractivity contribution in [1.82, 2.24) is 24.8 Å². The van der Waals surface area contributed by atoms with Gasteiger partial charge in [-0.25, -0.2) is 4.68 Å². The van der Waals surface area contributed by atoms with Crippen LogP contribution in [0.4, 0.5) is 0 Å². The third-order valence-corrected chi connectivity index (χ3v) is 6.05. The van der Waals surface area contributed by atoms with Crippen molar-refractivity contribution >= 4 is 5.91 Å². The Balaban J connectivity index is 1.11. The van der Waals surface area contributed by atoms with Crippen LogP contribution in [0.5, 0.6) is 5.75 Å². The van der Waals surface area contributed by atoms with Crippen LogP contribution >= 0.6 is 0 Å². The van der Waals surface area contributed by atoms with Crippen LogP contribution in [0.2, 0.25) is 0 Å². The van der Waals surface area contributed by atoms with E-state index in [9.17, 15) is 4.79 Å². The molecule has 3 aromatic rings. The number of para-hydroxylation sites is 1. The second-order valence-corrected chi connectivity index (χ2v) is 8.13. The smallest absolute Gasteiger partial charge is 0.260 e. The average Bonchev–Trinajstić information content (AvgIpc) is 3.26. The molecule has 1 amide bonds. The summed E-state index contributed by atoms with van der Waals surface area (Å²) in [6.07, 6.45) is 0.00547. The number of hydrogen-bond acceptors (Lipinski definition) is 6. The fourth-order valence-corrected chi connectivity index (χ4v) is 4.17. The standard InChI is InChI=1S/C24H27N5O3/c30-24(18-31-20-9-5-2-6-10-20)28-13-11-27(12-14-28)15-21-22-17-32-23(16-29(22)26-25-21)19-7-3-1-4-8-19/h1-10,23H,11-18H2/t23-/m1/s1. The van der Waals surface area contributed by atoms with Crippen molar-refractivity contribution in [2.45, 2.75) is 25.8 Å². The molecule has 8 heteroatoms. The zero-order chi connectivity index (χ0) is 21.8. The highest BCUT2D eigenvalue weighted by Gasteiger charge is 2.27. The minimum absolute atomic E-state index is 0.00547. The van der Waals surface area contributed by atoms with Crippen LogP contribution in [-0.4, -0.2) is 63.5 Å². The number of piperazine rings is 1. The van der Waals surface area contributed by atoms with E-state index in [4.69, 9.17) is 9.47 Å². The maximum Gasteiger partial charge on any atom is 0.260 e. The summed E-state index contributed by atoms with van der Waals surface area (Å²) >= 11 is 0.